The largest absolute Gasteiger partial charge is 0.444 e. The molecular formula is C18H25BrN4O4. The number of carbonyl (C=O) groups excluding carboxylic acids is 1. The molecule has 0 radical (unpaired) electrons. The van der Waals surface area contributed by atoms with Crippen molar-refractivity contribution >= 4 is 27.5 Å². The smallest absolute Gasteiger partial charge is 0.410 e. The quantitative estimate of drug-likeness (QED) is 0.791. The fourth-order valence-corrected chi connectivity index (χ4v) is 3.68. The van der Waals surface area contributed by atoms with Crippen molar-refractivity contribution < 1.29 is 14.6 Å². The standard InChI is InChI=1S/C18H25BrN4O4/c1-17(2,3)27-16(25)22(12-7-18(4,26)8-12)10-14-20-23-9-11(19)6-13(23)15(24)21(14)5/h6,9,12,26H,7-8,10H2,1-5H3. The summed E-state index contributed by atoms with van der Waals surface area (Å²) in [5.41, 5.74) is -1.19. The molecule has 1 aliphatic rings. The number of rotatable bonds is 3. The lowest BCUT2D eigenvalue weighted by atomic mass is 9.76. The Labute approximate surface area is 165 Å². The van der Waals surface area contributed by atoms with E-state index >= 15 is 0 Å². The van der Waals surface area contributed by atoms with E-state index in [1.807, 2.05) is 0 Å². The molecule has 9 heteroatoms. The van der Waals surface area contributed by atoms with Crippen LogP contribution in [0.15, 0.2) is 21.5 Å². The van der Waals surface area contributed by atoms with Crippen LogP contribution in [0.3, 0.4) is 0 Å². The van der Waals surface area contributed by atoms with Crippen molar-refractivity contribution in [1.82, 2.24) is 19.1 Å². The van der Waals surface area contributed by atoms with Gasteiger partial charge >= 0.3 is 6.09 Å². The van der Waals surface area contributed by atoms with Crippen molar-refractivity contribution in [2.45, 2.75) is 64.3 Å². The van der Waals surface area contributed by atoms with Crippen molar-refractivity contribution in [2.75, 3.05) is 0 Å². The maximum absolute atomic E-state index is 12.8. The van der Waals surface area contributed by atoms with Crippen LogP contribution in [0.25, 0.3) is 5.52 Å². The highest BCUT2D eigenvalue weighted by Gasteiger charge is 2.44. The average molecular weight is 441 g/mol. The van der Waals surface area contributed by atoms with Crippen molar-refractivity contribution in [1.29, 1.82) is 0 Å². The zero-order valence-electron chi connectivity index (χ0n) is 16.2. The fourth-order valence-electron chi connectivity index (χ4n) is 3.27. The van der Waals surface area contributed by atoms with Gasteiger partial charge in [-0.3, -0.25) is 14.3 Å². The first kappa shape index (κ1) is 19.9. The van der Waals surface area contributed by atoms with Gasteiger partial charge in [-0.25, -0.2) is 9.31 Å². The van der Waals surface area contributed by atoms with E-state index < -0.39 is 17.3 Å². The normalized spacial score (nSPS) is 22.6. The van der Waals surface area contributed by atoms with E-state index in [2.05, 4.69) is 21.0 Å². The molecule has 148 valence electrons. The Kier molecular flexibility index (Phi) is 4.88. The Hall–Kier alpha value is -1.87. The third kappa shape index (κ3) is 4.19. The van der Waals surface area contributed by atoms with Crippen LogP contribution in [0.5, 0.6) is 0 Å². The van der Waals surface area contributed by atoms with Gasteiger partial charge in [0, 0.05) is 23.8 Å². The minimum atomic E-state index is -0.792. The monoisotopic (exact) mass is 440 g/mol. The number of hydrogen-bond donors (Lipinski definition) is 1. The summed E-state index contributed by atoms with van der Waals surface area (Å²) in [5.74, 6) is 0.438. The molecule has 1 amide bonds. The number of fused-ring (bicyclic) bond motifs is 1. The van der Waals surface area contributed by atoms with Crippen LogP contribution in [-0.2, 0) is 18.3 Å². The number of aliphatic hydroxyl groups is 1. The van der Waals surface area contributed by atoms with Crippen LogP contribution in [0.2, 0.25) is 0 Å². The minimum Gasteiger partial charge on any atom is -0.444 e. The van der Waals surface area contributed by atoms with Crippen molar-refractivity contribution in [3.8, 4) is 0 Å². The molecule has 0 saturated heterocycles. The van der Waals surface area contributed by atoms with Gasteiger partial charge in [-0.05, 0) is 62.5 Å². The summed E-state index contributed by atoms with van der Waals surface area (Å²) >= 11 is 3.35. The van der Waals surface area contributed by atoms with E-state index in [9.17, 15) is 14.7 Å². The maximum atomic E-state index is 12.8. The number of ether oxygens (including phenoxy) is 1. The van der Waals surface area contributed by atoms with E-state index in [0.29, 0.717) is 24.2 Å². The topological polar surface area (TPSA) is 89.1 Å². The number of hydrogen-bond acceptors (Lipinski definition) is 5. The second kappa shape index (κ2) is 6.63. The molecule has 2 heterocycles. The van der Waals surface area contributed by atoms with E-state index in [4.69, 9.17) is 4.74 Å². The zero-order chi connectivity index (χ0) is 20.1. The molecule has 1 saturated carbocycles. The Morgan fingerprint density at radius 1 is 1.48 bits per heavy atom. The highest BCUT2D eigenvalue weighted by atomic mass is 79.9. The van der Waals surface area contributed by atoms with E-state index in [-0.39, 0.29) is 18.1 Å². The van der Waals surface area contributed by atoms with Crippen LogP contribution in [0, 0.1) is 0 Å². The van der Waals surface area contributed by atoms with Crippen LogP contribution < -0.4 is 5.56 Å². The molecule has 2 aromatic rings. The highest BCUT2D eigenvalue weighted by Crippen LogP contribution is 2.36. The number of halogens is 1. The third-order valence-electron chi connectivity index (χ3n) is 4.63. The first-order valence-corrected chi connectivity index (χ1v) is 9.61. The molecule has 0 bridgehead atoms. The first-order chi connectivity index (χ1) is 12.4. The molecular weight excluding hydrogens is 416 g/mol. The number of carbonyl (C=O) groups is 1. The highest BCUT2D eigenvalue weighted by molar-refractivity contribution is 9.10. The average Bonchev–Trinajstić information content (AvgIpc) is 2.86. The molecule has 1 fully saturated rings. The minimum absolute atomic E-state index is 0.118. The second-order valence-electron chi connectivity index (χ2n) is 8.44. The Balaban J connectivity index is 1.94. The summed E-state index contributed by atoms with van der Waals surface area (Å²) in [5, 5.41) is 14.6. The van der Waals surface area contributed by atoms with Crippen LogP contribution in [0.1, 0.15) is 46.4 Å². The molecule has 0 aromatic carbocycles. The molecule has 8 nitrogen and oxygen atoms in total. The number of aromatic nitrogens is 3. The van der Waals surface area contributed by atoms with Crippen molar-refractivity contribution in [2.24, 2.45) is 7.05 Å². The fraction of sp³-hybridized carbons (Fsp3) is 0.611. The summed E-state index contributed by atoms with van der Waals surface area (Å²) in [4.78, 5) is 26.9. The summed E-state index contributed by atoms with van der Waals surface area (Å²) in [7, 11) is 1.63. The van der Waals surface area contributed by atoms with Gasteiger partial charge in [-0.15, -0.1) is 0 Å². The predicted octanol–water partition coefficient (Wildman–Crippen LogP) is 2.45. The zero-order valence-corrected chi connectivity index (χ0v) is 17.8. The summed E-state index contributed by atoms with van der Waals surface area (Å²) in [6.07, 6.45) is 2.13. The van der Waals surface area contributed by atoms with Gasteiger partial charge in [0.05, 0.1) is 12.1 Å². The lowest BCUT2D eigenvalue weighted by Crippen LogP contribution is -2.56. The molecule has 0 spiro atoms. The molecule has 1 aliphatic carbocycles. The lowest BCUT2D eigenvalue weighted by Gasteiger charge is -2.46. The molecule has 0 unspecified atom stereocenters. The van der Waals surface area contributed by atoms with Gasteiger partial charge in [0.2, 0.25) is 0 Å². The lowest BCUT2D eigenvalue weighted by molar-refractivity contribution is -0.0827. The van der Waals surface area contributed by atoms with Crippen LogP contribution >= 0.6 is 15.9 Å². The van der Waals surface area contributed by atoms with E-state index in [1.165, 1.54) is 9.08 Å². The Morgan fingerprint density at radius 3 is 2.67 bits per heavy atom. The molecule has 0 atom stereocenters. The van der Waals surface area contributed by atoms with Gasteiger partial charge in [-0.1, -0.05) is 0 Å². The van der Waals surface area contributed by atoms with E-state index in [1.54, 1.807) is 51.9 Å². The second-order valence-corrected chi connectivity index (χ2v) is 9.35. The van der Waals surface area contributed by atoms with Crippen molar-refractivity contribution in [3.05, 3.63) is 32.9 Å². The van der Waals surface area contributed by atoms with Gasteiger partial charge in [0.1, 0.15) is 11.1 Å². The molecule has 3 rings (SSSR count). The Morgan fingerprint density at radius 2 is 2.11 bits per heavy atom. The van der Waals surface area contributed by atoms with Gasteiger partial charge in [-0.2, -0.15) is 5.10 Å². The van der Waals surface area contributed by atoms with Crippen molar-refractivity contribution in [3.63, 3.8) is 0 Å². The van der Waals surface area contributed by atoms with E-state index in [0.717, 1.165) is 4.47 Å². The summed E-state index contributed by atoms with van der Waals surface area (Å²) in [6.45, 7) is 7.27. The molecule has 0 aliphatic heterocycles. The van der Waals surface area contributed by atoms with Gasteiger partial charge in [0.15, 0.2) is 5.82 Å². The summed E-state index contributed by atoms with van der Waals surface area (Å²) < 4.78 is 9.23. The van der Waals surface area contributed by atoms with Crippen LogP contribution in [0.4, 0.5) is 4.79 Å². The van der Waals surface area contributed by atoms with Crippen LogP contribution in [-0.4, -0.2) is 47.5 Å². The summed E-state index contributed by atoms with van der Waals surface area (Å²) in [6, 6.07) is 1.53. The van der Waals surface area contributed by atoms with Gasteiger partial charge < -0.3 is 9.84 Å². The third-order valence-corrected chi connectivity index (χ3v) is 5.07. The molecule has 2 aromatic heterocycles. The van der Waals surface area contributed by atoms with Gasteiger partial charge in [0.25, 0.3) is 5.56 Å². The predicted molar refractivity (Wildman–Crippen MR) is 104 cm³/mol. The number of amides is 1. The maximum Gasteiger partial charge on any atom is 0.410 e. The SMILES string of the molecule is Cn1c(CN(C(=O)OC(C)(C)C)C2CC(C)(O)C2)nn2cc(Br)cc2c1=O. The molecule has 27 heavy (non-hydrogen) atoms. The first-order valence-electron chi connectivity index (χ1n) is 8.82. The molecule has 1 N–H and O–H groups in total. The Bertz CT molecular complexity index is 933. The number of nitrogens with zero attached hydrogens (tertiary/aromatic N) is 4.